The molecule has 0 aliphatic carbocycles. The third-order valence-corrected chi connectivity index (χ3v) is 2.99. The Bertz CT molecular complexity index is 655. The number of tetrazole rings is 1. The van der Waals surface area contributed by atoms with Crippen molar-refractivity contribution in [3.8, 4) is 11.5 Å². The van der Waals surface area contributed by atoms with Gasteiger partial charge in [0, 0.05) is 0 Å². The van der Waals surface area contributed by atoms with Crippen LogP contribution in [-0.2, 0) is 0 Å². The summed E-state index contributed by atoms with van der Waals surface area (Å²) < 4.78 is 11.8. The van der Waals surface area contributed by atoms with Crippen molar-refractivity contribution in [2.45, 2.75) is 20.0 Å². The number of hydrogen-bond donors (Lipinski definition) is 1. The van der Waals surface area contributed by atoms with Gasteiger partial charge in [0.2, 0.25) is 0 Å². The number of anilines is 1. The van der Waals surface area contributed by atoms with E-state index in [9.17, 15) is 0 Å². The number of rotatable bonds is 5. The summed E-state index contributed by atoms with van der Waals surface area (Å²) in [6, 6.07) is 3.65. The summed E-state index contributed by atoms with van der Waals surface area (Å²) in [4.78, 5) is 1.12. The van der Waals surface area contributed by atoms with Gasteiger partial charge in [-0.05, 0) is 57.9 Å². The van der Waals surface area contributed by atoms with Crippen molar-refractivity contribution >= 4 is 28.1 Å². The molecule has 0 atom stereocenters. The summed E-state index contributed by atoms with van der Waals surface area (Å²) in [7, 11) is 1.58. The molecule has 112 valence electrons. The molecule has 2 aromatic rings. The van der Waals surface area contributed by atoms with E-state index in [1.165, 1.54) is 0 Å². The fourth-order valence-corrected chi connectivity index (χ4v) is 2.11. The Hall–Kier alpha value is -2.16. The smallest absolute Gasteiger partial charge is 0.263 e. The molecule has 0 spiro atoms. The fourth-order valence-electron chi connectivity index (χ4n) is 1.56. The van der Waals surface area contributed by atoms with Gasteiger partial charge in [-0.25, -0.2) is 0 Å². The first kappa shape index (κ1) is 15.2. The highest BCUT2D eigenvalue weighted by atomic mass is 79.9. The summed E-state index contributed by atoms with van der Waals surface area (Å²) in [5.74, 6) is 1.35. The Morgan fingerprint density at radius 1 is 1.43 bits per heavy atom. The highest BCUT2D eigenvalue weighted by Gasteiger charge is 2.12. The molecule has 1 aromatic carbocycles. The van der Waals surface area contributed by atoms with Gasteiger partial charge in [-0.3, -0.25) is 0 Å². The molecule has 0 fully saturated rings. The van der Waals surface area contributed by atoms with Gasteiger partial charge < -0.3 is 15.2 Å². The number of nitrogen functional groups attached to an aromatic ring is 1. The summed E-state index contributed by atoms with van der Waals surface area (Å²) >= 11 is 3.46. The molecule has 2 N–H and O–H groups in total. The SMILES string of the molecule is COc1cc(C=Nn2nnnc2N)cc(Br)c1OC(C)C. The van der Waals surface area contributed by atoms with Gasteiger partial charge in [-0.15, -0.1) is 0 Å². The average molecular weight is 355 g/mol. The van der Waals surface area contributed by atoms with E-state index in [-0.39, 0.29) is 12.1 Å². The highest BCUT2D eigenvalue weighted by molar-refractivity contribution is 9.10. The summed E-state index contributed by atoms with van der Waals surface area (Å²) in [5, 5.41) is 14.6. The first-order valence-electron chi connectivity index (χ1n) is 6.13. The molecule has 0 aliphatic rings. The lowest BCUT2D eigenvalue weighted by molar-refractivity contribution is 0.228. The van der Waals surface area contributed by atoms with Gasteiger partial charge in [0.1, 0.15) is 0 Å². The Labute approximate surface area is 130 Å². The minimum absolute atomic E-state index is 0.0377. The second kappa shape index (κ2) is 6.53. The Kier molecular flexibility index (Phi) is 4.73. The molecule has 0 bridgehead atoms. The first-order valence-corrected chi connectivity index (χ1v) is 6.93. The van der Waals surface area contributed by atoms with Crippen LogP contribution in [0.15, 0.2) is 21.7 Å². The van der Waals surface area contributed by atoms with Crippen molar-refractivity contribution < 1.29 is 9.47 Å². The fraction of sp³-hybridized carbons (Fsp3) is 0.333. The lowest BCUT2D eigenvalue weighted by Gasteiger charge is -2.15. The van der Waals surface area contributed by atoms with E-state index in [1.807, 2.05) is 19.9 Å². The van der Waals surface area contributed by atoms with E-state index in [2.05, 4.69) is 36.6 Å². The molecular weight excluding hydrogens is 340 g/mol. The monoisotopic (exact) mass is 354 g/mol. The Morgan fingerprint density at radius 3 is 2.76 bits per heavy atom. The van der Waals surface area contributed by atoms with E-state index in [0.717, 1.165) is 14.8 Å². The zero-order valence-corrected chi connectivity index (χ0v) is 13.4. The van der Waals surface area contributed by atoms with Crippen LogP contribution in [0.5, 0.6) is 11.5 Å². The van der Waals surface area contributed by atoms with Crippen molar-refractivity contribution in [2.24, 2.45) is 5.10 Å². The largest absolute Gasteiger partial charge is 0.493 e. The summed E-state index contributed by atoms with van der Waals surface area (Å²) in [6.07, 6.45) is 1.61. The normalized spacial score (nSPS) is 11.3. The molecule has 1 aromatic heterocycles. The highest BCUT2D eigenvalue weighted by Crippen LogP contribution is 2.36. The molecule has 0 saturated heterocycles. The molecule has 8 nitrogen and oxygen atoms in total. The average Bonchev–Trinajstić information content (AvgIpc) is 2.84. The summed E-state index contributed by atoms with van der Waals surface area (Å²) in [6.45, 7) is 3.89. The van der Waals surface area contributed by atoms with Crippen LogP contribution in [0.1, 0.15) is 19.4 Å². The van der Waals surface area contributed by atoms with E-state index in [0.29, 0.717) is 11.5 Å². The van der Waals surface area contributed by atoms with E-state index in [4.69, 9.17) is 15.2 Å². The second-order valence-corrected chi connectivity index (χ2v) is 5.23. The van der Waals surface area contributed by atoms with Gasteiger partial charge >= 0.3 is 0 Å². The number of ether oxygens (including phenoxy) is 2. The van der Waals surface area contributed by atoms with Gasteiger partial charge in [0.25, 0.3) is 5.95 Å². The molecule has 0 saturated carbocycles. The van der Waals surface area contributed by atoms with Crippen molar-refractivity contribution in [3.63, 3.8) is 0 Å². The van der Waals surface area contributed by atoms with Gasteiger partial charge in [0.05, 0.1) is 23.9 Å². The minimum atomic E-state index is 0.0377. The van der Waals surface area contributed by atoms with Gasteiger partial charge in [-0.2, -0.15) is 5.10 Å². The molecule has 2 rings (SSSR count). The third-order valence-electron chi connectivity index (χ3n) is 2.40. The predicted octanol–water partition coefficient (Wildman–Crippen LogP) is 1.70. The first-order chi connectivity index (χ1) is 10.0. The second-order valence-electron chi connectivity index (χ2n) is 4.37. The maximum atomic E-state index is 5.72. The molecule has 21 heavy (non-hydrogen) atoms. The van der Waals surface area contributed by atoms with Crippen LogP contribution in [0.2, 0.25) is 0 Å². The van der Waals surface area contributed by atoms with Crippen molar-refractivity contribution in [1.29, 1.82) is 0 Å². The molecule has 0 amide bonds. The predicted molar refractivity (Wildman–Crippen MR) is 81.7 cm³/mol. The molecule has 9 heteroatoms. The lowest BCUT2D eigenvalue weighted by Crippen LogP contribution is -2.07. The van der Waals surface area contributed by atoms with E-state index < -0.39 is 0 Å². The topological polar surface area (TPSA) is 100 Å². The van der Waals surface area contributed by atoms with Crippen LogP contribution < -0.4 is 15.2 Å². The standard InChI is InChI=1S/C12H15BrN6O2/c1-7(2)21-11-9(13)4-8(5-10(11)20-3)6-15-19-12(14)16-17-18-19/h4-7H,1-3H3,(H2,14,16,18). The third kappa shape index (κ3) is 3.69. The zero-order chi connectivity index (χ0) is 15.4. The molecule has 0 radical (unpaired) electrons. The summed E-state index contributed by atoms with van der Waals surface area (Å²) in [5.41, 5.74) is 6.31. The maximum absolute atomic E-state index is 5.72. The number of benzene rings is 1. The van der Waals surface area contributed by atoms with Crippen LogP contribution in [0.4, 0.5) is 5.95 Å². The molecule has 0 aliphatic heterocycles. The van der Waals surface area contributed by atoms with Crippen molar-refractivity contribution in [2.75, 3.05) is 12.8 Å². The van der Waals surface area contributed by atoms with Gasteiger partial charge in [0.15, 0.2) is 11.5 Å². The number of nitrogens with two attached hydrogens (primary N) is 1. The lowest BCUT2D eigenvalue weighted by atomic mass is 10.2. The Balaban J connectivity index is 2.32. The van der Waals surface area contributed by atoms with Crippen molar-refractivity contribution in [3.05, 3.63) is 22.2 Å². The number of methoxy groups -OCH3 is 1. The molecule has 1 heterocycles. The maximum Gasteiger partial charge on any atom is 0.263 e. The number of nitrogens with zero attached hydrogens (tertiary/aromatic N) is 5. The van der Waals surface area contributed by atoms with Crippen LogP contribution in [0.3, 0.4) is 0 Å². The van der Waals surface area contributed by atoms with Crippen molar-refractivity contribution in [1.82, 2.24) is 20.3 Å². The van der Waals surface area contributed by atoms with Crippen LogP contribution in [0, 0.1) is 0 Å². The quantitative estimate of drug-likeness (QED) is 0.820. The zero-order valence-electron chi connectivity index (χ0n) is 11.8. The van der Waals surface area contributed by atoms with E-state index in [1.54, 1.807) is 19.4 Å². The van der Waals surface area contributed by atoms with Crippen LogP contribution >= 0.6 is 15.9 Å². The van der Waals surface area contributed by atoms with Crippen LogP contribution in [-0.4, -0.2) is 39.7 Å². The number of hydrogen-bond acceptors (Lipinski definition) is 7. The van der Waals surface area contributed by atoms with E-state index >= 15 is 0 Å². The number of aromatic nitrogens is 4. The molecular formula is C12H15BrN6O2. The molecule has 0 unspecified atom stereocenters. The minimum Gasteiger partial charge on any atom is -0.493 e. The Morgan fingerprint density at radius 2 is 2.19 bits per heavy atom. The van der Waals surface area contributed by atoms with Crippen LogP contribution in [0.25, 0.3) is 0 Å². The van der Waals surface area contributed by atoms with Gasteiger partial charge in [-0.1, -0.05) is 9.89 Å². The number of halogens is 1.